The third-order valence-corrected chi connectivity index (χ3v) is 34.4. The largest absolute Gasteiger partial charge is 0.509 e. The summed E-state index contributed by atoms with van der Waals surface area (Å²) in [5.41, 5.74) is 15.2. The molecule has 7 spiro atoms. The van der Waals surface area contributed by atoms with Gasteiger partial charge in [-0.1, -0.05) is 118 Å². The van der Waals surface area contributed by atoms with Crippen molar-refractivity contribution in [2.75, 3.05) is 26.2 Å². The quantitative estimate of drug-likeness (QED) is 0.227. The Bertz CT molecular complexity index is 3560. The van der Waals surface area contributed by atoms with Crippen LogP contribution in [0.2, 0.25) is 0 Å². The van der Waals surface area contributed by atoms with E-state index in [2.05, 4.69) is 72.2 Å². The number of carbonyl (C=O) groups excluding carboxylic acids is 2. The van der Waals surface area contributed by atoms with Gasteiger partial charge in [0.1, 0.15) is 11.2 Å². The van der Waals surface area contributed by atoms with Crippen molar-refractivity contribution in [3.05, 3.63) is 105 Å². The number of piperidine rings is 2. The Kier molecular flexibility index (Phi) is 11.8. The number of benzene rings is 1. The number of nitrogens with two attached hydrogens (primary N) is 1. The summed E-state index contributed by atoms with van der Waals surface area (Å²) in [5.74, 6) is 7.01. The number of aliphatic hydroxyl groups excluding tert-OH is 1. The summed E-state index contributed by atoms with van der Waals surface area (Å²) in [7, 11) is 0. The Labute approximate surface area is 543 Å². The number of fused-ring (bicyclic) bond motifs is 7. The number of carbonyl (C=O) groups is 2. The van der Waals surface area contributed by atoms with Gasteiger partial charge in [-0.05, 0) is 277 Å². The highest BCUT2D eigenvalue weighted by molar-refractivity contribution is 6.00. The standard InChI is InChI=1S/C83H107N3O5/c1-48-11-5-13-52-38-56-39-61-49(2)36-54-19-21-65-57-37-50-43-85(45-57)68(77-31-22-58-16-8-28-79(58)29-10-30-80(79,47-77)78(46-77)26-3-4-27-78)41-66(87)73-81-33-24-60(70(61)72(54)86(65)44-50)71(56)82(81,75(89)90-73)67(83(81)64-17-6-12-51(15-9-34-84)69(64)74(88)91-83)40-62(52)55-14-7-25-76(42-55)32-23-59-53(35-48)18-20-63(59)76/h6,12,17-18,20,22,31,38,48-50,53,55-59,61-63,65,67-68,70,87H,3-5,7-11,13-16,19,21,23-30,32-37,39-47,84H2,1-2H3. The minimum Gasteiger partial charge on any atom is -0.509 e. The first-order chi connectivity index (χ1) is 44.3. The van der Waals surface area contributed by atoms with Crippen LogP contribution in [0.15, 0.2) is 88.1 Å². The topological polar surface area (TPSA) is 105 Å². The van der Waals surface area contributed by atoms with Crippen molar-refractivity contribution in [2.45, 2.75) is 243 Å². The van der Waals surface area contributed by atoms with Crippen LogP contribution >= 0.6 is 0 Å². The zero-order valence-corrected chi connectivity index (χ0v) is 55.6. The van der Waals surface area contributed by atoms with Gasteiger partial charge in [0.15, 0.2) is 11.4 Å². The molecule has 11 fully saturated rings. The molecule has 14 aliphatic carbocycles. The molecule has 23 aliphatic rings. The molecular weight excluding hydrogens is 1120 g/mol. The first kappa shape index (κ1) is 56.3. The smallest absolute Gasteiger partial charge is 0.339 e. The molecule has 3 saturated heterocycles. The molecule has 24 unspecified atom stereocenters. The van der Waals surface area contributed by atoms with Crippen LogP contribution in [0.25, 0.3) is 0 Å². The number of hydrogen-bond donors (Lipinski definition) is 2. The number of hydrogen-bond acceptors (Lipinski definition) is 8. The highest BCUT2D eigenvalue weighted by Gasteiger charge is 2.94. The summed E-state index contributed by atoms with van der Waals surface area (Å²) in [4.78, 5) is 39.7. The van der Waals surface area contributed by atoms with E-state index in [0.29, 0.717) is 112 Å². The van der Waals surface area contributed by atoms with E-state index in [9.17, 15) is 5.11 Å². The minimum atomic E-state index is -1.19. The first-order valence-corrected chi connectivity index (χ1v) is 39.1. The van der Waals surface area contributed by atoms with Gasteiger partial charge in [0.05, 0.1) is 11.0 Å². The summed E-state index contributed by atoms with van der Waals surface area (Å²) in [6.45, 7) is 9.07. The average molecular weight is 1230 g/mol. The second kappa shape index (κ2) is 19.0. The summed E-state index contributed by atoms with van der Waals surface area (Å²) in [5, 5.41) is 14.7. The van der Waals surface area contributed by atoms with Gasteiger partial charge in [-0.25, -0.2) is 4.79 Å². The maximum absolute atomic E-state index is 17.5. The summed E-state index contributed by atoms with van der Waals surface area (Å²) >= 11 is 0. The lowest BCUT2D eigenvalue weighted by atomic mass is 9.27. The lowest BCUT2D eigenvalue weighted by Gasteiger charge is -2.73. The third-order valence-electron chi connectivity index (χ3n) is 34.4. The normalized spacial score (nSPS) is 51.6. The maximum atomic E-state index is 17.5. The molecule has 1 aromatic rings. The van der Waals surface area contributed by atoms with E-state index in [0.717, 1.165) is 80.3 Å². The molecule has 3 N–H and O–H groups in total. The fourth-order valence-corrected chi connectivity index (χ4v) is 32.2. The van der Waals surface area contributed by atoms with E-state index < -0.39 is 16.4 Å². The van der Waals surface area contributed by atoms with E-state index >= 15 is 9.59 Å². The van der Waals surface area contributed by atoms with Crippen LogP contribution in [-0.4, -0.2) is 65.1 Å². The second-order valence-electron chi connectivity index (χ2n) is 37.0. The SMILES string of the molecule is CC1CCCC2=CC3CC4C(C)CC5=C6C4C4=C3C37C(=O)OC(=C(O)CC(C89C=CC%10CCCC%10%11CCCC%11(C8)C8(CCCC8)C9)N8CC9CC(C8)C(CC5)N6C9)C3(CC4)C3(OC(=O)c4c(CCCN)cccc43)C7CC2C2CCCC3(CCC4C(C=CC43)C1)C2. The van der Waals surface area contributed by atoms with E-state index in [1.165, 1.54) is 166 Å². The molecule has 0 radical (unpaired) electrons. The monoisotopic (exact) mass is 1230 g/mol. The Balaban J connectivity index is 0.825. The van der Waals surface area contributed by atoms with Crippen LogP contribution in [0.5, 0.6) is 0 Å². The van der Waals surface area contributed by atoms with Gasteiger partial charge >= 0.3 is 11.9 Å². The van der Waals surface area contributed by atoms with Gasteiger partial charge in [-0.3, -0.25) is 9.69 Å². The van der Waals surface area contributed by atoms with E-state index in [1.54, 1.807) is 22.4 Å². The van der Waals surface area contributed by atoms with E-state index in [-0.39, 0.29) is 47.1 Å². The average Bonchev–Trinajstić information content (AvgIpc) is 1.57. The molecule has 19 bridgehead atoms. The van der Waals surface area contributed by atoms with Crippen molar-refractivity contribution < 1.29 is 24.2 Å². The van der Waals surface area contributed by atoms with E-state index in [1.807, 2.05) is 0 Å². The van der Waals surface area contributed by atoms with Gasteiger partial charge in [-0.2, -0.15) is 0 Å². The zero-order valence-electron chi connectivity index (χ0n) is 55.6. The van der Waals surface area contributed by atoms with Crippen LogP contribution < -0.4 is 5.73 Å². The Morgan fingerprint density at radius 3 is 2.57 bits per heavy atom. The molecule has 8 nitrogen and oxygen atoms in total. The van der Waals surface area contributed by atoms with Crippen molar-refractivity contribution in [3.63, 3.8) is 0 Å². The van der Waals surface area contributed by atoms with Gasteiger partial charge in [0, 0.05) is 66.7 Å². The van der Waals surface area contributed by atoms with Crippen molar-refractivity contribution >= 4 is 11.9 Å². The van der Waals surface area contributed by atoms with Gasteiger partial charge in [0.25, 0.3) is 0 Å². The predicted molar refractivity (Wildman–Crippen MR) is 353 cm³/mol. The van der Waals surface area contributed by atoms with Crippen molar-refractivity contribution in [3.8, 4) is 0 Å². The Morgan fingerprint density at radius 2 is 1.67 bits per heavy atom. The molecule has 0 amide bonds. The Morgan fingerprint density at radius 1 is 0.780 bits per heavy atom. The lowest BCUT2D eigenvalue weighted by molar-refractivity contribution is -0.283. The number of aliphatic hydroxyl groups is 1. The van der Waals surface area contributed by atoms with Crippen molar-refractivity contribution in [1.82, 2.24) is 9.80 Å². The minimum absolute atomic E-state index is 0.0692. The number of esters is 2. The first-order valence-electron chi connectivity index (χ1n) is 39.1. The molecule has 8 saturated carbocycles. The molecule has 0 aromatic heterocycles. The zero-order chi connectivity index (χ0) is 60.6. The van der Waals surface area contributed by atoms with Gasteiger partial charge < -0.3 is 25.2 Å². The molecule has 9 aliphatic heterocycles. The van der Waals surface area contributed by atoms with Gasteiger partial charge in [-0.15, -0.1) is 0 Å². The molecule has 1 aromatic carbocycles. The molecule has 9 heterocycles. The van der Waals surface area contributed by atoms with Crippen LogP contribution in [0.3, 0.4) is 0 Å². The lowest BCUT2D eigenvalue weighted by Crippen LogP contribution is -2.78. The molecule has 24 rings (SSSR count). The molecule has 8 heteroatoms. The summed E-state index contributed by atoms with van der Waals surface area (Å²) in [6.07, 6.45) is 53.4. The number of rotatable bonds is 4. The van der Waals surface area contributed by atoms with Crippen LogP contribution in [0.1, 0.15) is 241 Å². The number of aryl methyl sites for hydroxylation is 1. The van der Waals surface area contributed by atoms with Crippen molar-refractivity contribution in [1.29, 1.82) is 0 Å². The van der Waals surface area contributed by atoms with Crippen molar-refractivity contribution in [2.24, 2.45) is 126 Å². The van der Waals surface area contributed by atoms with Gasteiger partial charge in [0.2, 0.25) is 0 Å². The highest BCUT2D eigenvalue weighted by atomic mass is 16.6. The highest BCUT2D eigenvalue weighted by Crippen LogP contribution is 2.89. The van der Waals surface area contributed by atoms with E-state index in [4.69, 9.17) is 15.2 Å². The number of nitrogens with zero attached hydrogens (tertiary/aromatic N) is 2. The predicted octanol–water partition coefficient (Wildman–Crippen LogP) is 17.1. The van der Waals surface area contributed by atoms with Crippen LogP contribution in [-0.2, 0) is 26.3 Å². The van der Waals surface area contributed by atoms with Crippen LogP contribution in [0, 0.1) is 121 Å². The number of ether oxygens (including phenoxy) is 2. The maximum Gasteiger partial charge on any atom is 0.339 e. The molecule has 91 heavy (non-hydrogen) atoms. The molecule has 484 valence electrons. The third kappa shape index (κ3) is 6.63. The Hall–Kier alpha value is -3.88. The molecular formula is C83H107N3O5. The summed E-state index contributed by atoms with van der Waals surface area (Å²) < 4.78 is 15.5. The molecule has 24 atom stereocenters. The van der Waals surface area contributed by atoms with Crippen LogP contribution in [0.4, 0.5) is 0 Å². The second-order valence-corrected chi connectivity index (χ2v) is 37.0. The summed E-state index contributed by atoms with van der Waals surface area (Å²) in [6, 6.07) is 7.27. The fraction of sp³-hybridized carbons (Fsp3) is 0.759. The fourth-order valence-electron chi connectivity index (χ4n) is 32.2. The number of allylic oxidation sites excluding steroid dienone is 7.